The Morgan fingerprint density at radius 3 is 2.22 bits per heavy atom. The lowest BCUT2D eigenvalue weighted by Gasteiger charge is -2.21. The lowest BCUT2D eigenvalue weighted by atomic mass is 10.1. The normalized spacial score (nSPS) is 10.6. The molecule has 174 valence electrons. The van der Waals surface area contributed by atoms with E-state index in [-0.39, 0.29) is 11.8 Å². The third-order valence-electron chi connectivity index (χ3n) is 5.11. The van der Waals surface area contributed by atoms with Gasteiger partial charge >= 0.3 is 0 Å². The Morgan fingerprint density at radius 1 is 0.906 bits per heavy atom. The molecule has 0 unspecified atom stereocenters. The minimum absolute atomic E-state index is 0.0253. The zero-order chi connectivity index (χ0) is 23.3. The number of hydrogen-bond acceptors (Lipinski definition) is 3. The molecule has 0 aliphatic heterocycles. The van der Waals surface area contributed by atoms with Gasteiger partial charge in [0.25, 0.3) is 11.8 Å². The maximum atomic E-state index is 12.9. The van der Waals surface area contributed by atoms with Crippen LogP contribution in [0.15, 0.2) is 46.9 Å². The molecule has 0 spiro atoms. The van der Waals surface area contributed by atoms with E-state index in [0.717, 1.165) is 43.2 Å². The van der Waals surface area contributed by atoms with Crippen LogP contribution < -0.4 is 10.1 Å². The molecule has 0 saturated carbocycles. The van der Waals surface area contributed by atoms with Gasteiger partial charge in [0.05, 0.1) is 12.2 Å². The van der Waals surface area contributed by atoms with E-state index in [0.29, 0.717) is 29.2 Å². The quantitative estimate of drug-likeness (QED) is 0.302. The van der Waals surface area contributed by atoms with Crippen LogP contribution in [-0.4, -0.2) is 36.4 Å². The second-order valence-corrected chi connectivity index (χ2v) is 8.79. The topological polar surface area (TPSA) is 58.6 Å². The summed E-state index contributed by atoms with van der Waals surface area (Å²) in [5, 5.41) is 2.92. The summed E-state index contributed by atoms with van der Waals surface area (Å²) in [4.78, 5) is 27.6. The number of anilines is 1. The number of benzene rings is 2. The van der Waals surface area contributed by atoms with Crippen molar-refractivity contribution in [2.45, 2.75) is 59.3 Å². The number of amides is 2. The van der Waals surface area contributed by atoms with E-state index in [2.05, 4.69) is 42.0 Å². The largest absolute Gasteiger partial charge is 0.493 e. The number of nitrogens with zero attached hydrogens (tertiary/aromatic N) is 1. The number of hydrogen-bond donors (Lipinski definition) is 1. The van der Waals surface area contributed by atoms with E-state index in [1.165, 1.54) is 12.8 Å². The Hall–Kier alpha value is -2.34. The van der Waals surface area contributed by atoms with E-state index in [1.54, 1.807) is 30.3 Å². The maximum absolute atomic E-state index is 12.9. The van der Waals surface area contributed by atoms with E-state index in [4.69, 9.17) is 4.74 Å². The van der Waals surface area contributed by atoms with Gasteiger partial charge in [-0.1, -0.05) is 56.0 Å². The van der Waals surface area contributed by atoms with Crippen molar-refractivity contribution < 1.29 is 14.3 Å². The molecule has 2 rings (SSSR count). The van der Waals surface area contributed by atoms with Crippen LogP contribution in [0.1, 0.15) is 80.0 Å². The first-order valence-corrected chi connectivity index (χ1v) is 12.4. The van der Waals surface area contributed by atoms with Gasteiger partial charge in [0.15, 0.2) is 0 Å². The Bertz CT molecular complexity index is 862. The first-order chi connectivity index (χ1) is 15.5. The van der Waals surface area contributed by atoms with Gasteiger partial charge in [0.2, 0.25) is 0 Å². The first-order valence-electron chi connectivity index (χ1n) is 11.6. The van der Waals surface area contributed by atoms with Crippen molar-refractivity contribution in [1.29, 1.82) is 0 Å². The molecule has 6 heteroatoms. The van der Waals surface area contributed by atoms with Crippen LogP contribution in [-0.2, 0) is 0 Å². The predicted molar refractivity (Wildman–Crippen MR) is 135 cm³/mol. The van der Waals surface area contributed by atoms with Crippen molar-refractivity contribution in [3.05, 3.63) is 58.1 Å². The smallest absolute Gasteiger partial charge is 0.259 e. The molecule has 0 aromatic heterocycles. The van der Waals surface area contributed by atoms with Crippen LogP contribution in [0.25, 0.3) is 0 Å². The van der Waals surface area contributed by atoms with Crippen molar-refractivity contribution in [1.82, 2.24) is 4.90 Å². The fourth-order valence-corrected chi connectivity index (χ4v) is 3.81. The van der Waals surface area contributed by atoms with Crippen molar-refractivity contribution in [3.8, 4) is 5.75 Å². The number of carbonyl (C=O) groups is 2. The van der Waals surface area contributed by atoms with Crippen molar-refractivity contribution in [3.63, 3.8) is 0 Å². The third kappa shape index (κ3) is 7.97. The van der Waals surface area contributed by atoms with Gasteiger partial charge in [0, 0.05) is 28.8 Å². The van der Waals surface area contributed by atoms with Gasteiger partial charge in [-0.2, -0.15) is 0 Å². The molecule has 0 heterocycles. The number of rotatable bonds is 13. The molecule has 0 bridgehead atoms. The molecule has 32 heavy (non-hydrogen) atoms. The molecule has 1 N–H and O–H groups in total. The first kappa shape index (κ1) is 25.9. The summed E-state index contributed by atoms with van der Waals surface area (Å²) in [5.74, 6) is 0.355. The Morgan fingerprint density at radius 2 is 1.59 bits per heavy atom. The van der Waals surface area contributed by atoms with Gasteiger partial charge in [-0.3, -0.25) is 9.59 Å². The average Bonchev–Trinajstić information content (AvgIpc) is 2.79. The number of ether oxygens (including phenoxy) is 1. The number of halogens is 1. The van der Waals surface area contributed by atoms with Crippen LogP contribution in [0.3, 0.4) is 0 Å². The Balaban J connectivity index is 2.06. The van der Waals surface area contributed by atoms with Gasteiger partial charge in [-0.15, -0.1) is 0 Å². The molecule has 0 saturated heterocycles. The van der Waals surface area contributed by atoms with Crippen LogP contribution >= 0.6 is 15.9 Å². The van der Waals surface area contributed by atoms with E-state index in [1.807, 2.05) is 17.0 Å². The summed E-state index contributed by atoms with van der Waals surface area (Å²) in [6, 6.07) is 12.5. The van der Waals surface area contributed by atoms with Crippen LogP contribution in [0.2, 0.25) is 0 Å². The molecule has 0 aliphatic rings. The predicted octanol–water partition coefficient (Wildman–Crippen LogP) is 6.92. The lowest BCUT2D eigenvalue weighted by molar-refractivity contribution is 0.0755. The summed E-state index contributed by atoms with van der Waals surface area (Å²) in [7, 11) is 0. The summed E-state index contributed by atoms with van der Waals surface area (Å²) >= 11 is 3.44. The highest BCUT2D eigenvalue weighted by molar-refractivity contribution is 9.10. The minimum Gasteiger partial charge on any atom is -0.493 e. The van der Waals surface area contributed by atoms with E-state index in [9.17, 15) is 9.59 Å². The molecular formula is C26H35BrN2O3. The Labute approximate surface area is 200 Å². The zero-order valence-electron chi connectivity index (χ0n) is 19.5. The molecule has 2 aromatic rings. The second-order valence-electron chi connectivity index (χ2n) is 7.87. The van der Waals surface area contributed by atoms with E-state index >= 15 is 0 Å². The van der Waals surface area contributed by atoms with Crippen molar-refractivity contribution >= 4 is 33.4 Å². The standard InChI is InChI=1S/C26H35BrN2O3/c1-4-7-8-9-18-32-24-15-12-21(27)19-23(24)25(30)28-22-13-10-20(11-14-22)26(31)29(16-5-2)17-6-3/h10-15,19H,4-9,16-18H2,1-3H3,(H,28,30). The molecule has 0 fully saturated rings. The highest BCUT2D eigenvalue weighted by atomic mass is 79.9. The molecule has 2 amide bonds. The van der Waals surface area contributed by atoms with Gasteiger partial charge in [-0.05, 0) is 61.7 Å². The van der Waals surface area contributed by atoms with E-state index < -0.39 is 0 Å². The third-order valence-corrected chi connectivity index (χ3v) is 5.60. The highest BCUT2D eigenvalue weighted by Crippen LogP contribution is 2.25. The van der Waals surface area contributed by atoms with Crippen molar-refractivity contribution in [2.75, 3.05) is 25.0 Å². The van der Waals surface area contributed by atoms with Crippen molar-refractivity contribution in [2.24, 2.45) is 0 Å². The maximum Gasteiger partial charge on any atom is 0.259 e. The Kier molecular flexibility index (Phi) is 11.3. The van der Waals surface area contributed by atoms with Gasteiger partial charge < -0.3 is 15.0 Å². The number of unbranched alkanes of at least 4 members (excludes halogenated alkanes) is 3. The molecule has 0 radical (unpaired) electrons. The van der Waals surface area contributed by atoms with Crippen LogP contribution in [0.5, 0.6) is 5.75 Å². The zero-order valence-corrected chi connectivity index (χ0v) is 21.0. The van der Waals surface area contributed by atoms with Crippen LogP contribution in [0.4, 0.5) is 5.69 Å². The number of carbonyl (C=O) groups excluding carboxylic acids is 2. The summed E-state index contributed by atoms with van der Waals surface area (Å²) in [5.41, 5.74) is 1.74. The molecule has 0 aliphatic carbocycles. The fraction of sp³-hybridized carbons (Fsp3) is 0.462. The SMILES string of the molecule is CCCCCCOc1ccc(Br)cc1C(=O)Nc1ccc(C(=O)N(CCC)CCC)cc1. The van der Waals surface area contributed by atoms with Gasteiger partial charge in [-0.25, -0.2) is 0 Å². The summed E-state index contributed by atoms with van der Waals surface area (Å²) in [6.07, 6.45) is 6.29. The highest BCUT2D eigenvalue weighted by Gasteiger charge is 2.16. The second kappa shape index (κ2) is 13.9. The molecular weight excluding hydrogens is 468 g/mol. The monoisotopic (exact) mass is 502 g/mol. The fourth-order valence-electron chi connectivity index (χ4n) is 3.45. The minimum atomic E-state index is -0.243. The number of nitrogens with one attached hydrogen (secondary N) is 1. The van der Waals surface area contributed by atoms with Gasteiger partial charge in [0.1, 0.15) is 5.75 Å². The summed E-state index contributed by atoms with van der Waals surface area (Å²) < 4.78 is 6.70. The molecule has 5 nitrogen and oxygen atoms in total. The lowest BCUT2D eigenvalue weighted by Crippen LogP contribution is -2.32. The molecule has 2 aromatic carbocycles. The summed E-state index contributed by atoms with van der Waals surface area (Å²) in [6.45, 7) is 8.39. The van der Waals surface area contributed by atoms with Crippen LogP contribution in [0, 0.1) is 0 Å². The molecule has 0 atom stereocenters. The average molecular weight is 503 g/mol.